The molecule has 3 N–H and O–H groups in total. The first kappa shape index (κ1) is 29.2. The minimum Gasteiger partial charge on any atom is -0.446 e. The largest absolute Gasteiger partial charge is 0.446 e. The number of oxazole rings is 1. The average Bonchev–Trinajstić information content (AvgIpc) is 3.78. The zero-order valence-corrected chi connectivity index (χ0v) is 24.1. The van der Waals surface area contributed by atoms with Crippen molar-refractivity contribution in [3.05, 3.63) is 107 Å². The molecule has 4 aromatic rings. The first-order chi connectivity index (χ1) is 20.4. The second-order valence-corrected chi connectivity index (χ2v) is 10.7. The lowest BCUT2D eigenvalue weighted by Gasteiger charge is -2.25. The number of aliphatic hydroxyl groups is 1. The summed E-state index contributed by atoms with van der Waals surface area (Å²) in [6.45, 7) is 6.11. The van der Waals surface area contributed by atoms with E-state index in [2.05, 4.69) is 20.7 Å². The number of hydrogen-bond donors (Lipinski definition) is 3. The summed E-state index contributed by atoms with van der Waals surface area (Å²) < 4.78 is 7.45. The van der Waals surface area contributed by atoms with Gasteiger partial charge in [0.05, 0.1) is 24.0 Å². The molecule has 0 aliphatic carbocycles. The van der Waals surface area contributed by atoms with E-state index in [-0.39, 0.29) is 24.4 Å². The summed E-state index contributed by atoms with van der Waals surface area (Å²) in [5, 5.41) is 21.7. The number of amides is 2. The second kappa shape index (κ2) is 13.6. The van der Waals surface area contributed by atoms with Gasteiger partial charge in [-0.3, -0.25) is 14.3 Å². The van der Waals surface area contributed by atoms with Crippen molar-refractivity contribution < 1.29 is 19.1 Å². The number of nitrogens with one attached hydrogen (secondary N) is 2. The van der Waals surface area contributed by atoms with Crippen LogP contribution >= 0.6 is 0 Å². The third-order valence-electron chi connectivity index (χ3n) is 7.58. The van der Waals surface area contributed by atoms with Crippen LogP contribution in [0.2, 0.25) is 0 Å². The number of carbonyl (C=O) groups is 2. The maximum atomic E-state index is 13.5. The van der Waals surface area contributed by atoms with Gasteiger partial charge in [0.1, 0.15) is 12.3 Å². The number of nitrogens with zero attached hydrogens (tertiary/aromatic N) is 4. The molecule has 0 saturated carbocycles. The molecule has 220 valence electrons. The van der Waals surface area contributed by atoms with Crippen LogP contribution in [0.1, 0.15) is 69.2 Å². The van der Waals surface area contributed by atoms with Crippen LogP contribution in [0.3, 0.4) is 0 Å². The molecule has 10 nitrogen and oxygen atoms in total. The van der Waals surface area contributed by atoms with Crippen molar-refractivity contribution in [2.75, 3.05) is 13.1 Å². The summed E-state index contributed by atoms with van der Waals surface area (Å²) in [5.41, 5.74) is 3.57. The number of aromatic nitrogens is 3. The van der Waals surface area contributed by atoms with Crippen LogP contribution in [-0.4, -0.2) is 61.8 Å². The van der Waals surface area contributed by atoms with Crippen LogP contribution in [0, 0.1) is 6.92 Å². The smallest absolute Gasteiger partial charge is 0.254 e. The van der Waals surface area contributed by atoms with Gasteiger partial charge in [-0.05, 0) is 56.9 Å². The Morgan fingerprint density at radius 2 is 1.93 bits per heavy atom. The third-order valence-corrected chi connectivity index (χ3v) is 7.58. The van der Waals surface area contributed by atoms with Gasteiger partial charge in [0.15, 0.2) is 0 Å². The van der Waals surface area contributed by atoms with Crippen molar-refractivity contribution in [1.29, 1.82) is 0 Å². The molecule has 0 radical (unpaired) electrons. The van der Waals surface area contributed by atoms with Crippen molar-refractivity contribution in [3.8, 4) is 0 Å². The quantitative estimate of drug-likeness (QED) is 0.237. The Labute approximate surface area is 245 Å². The average molecular weight is 571 g/mol. The summed E-state index contributed by atoms with van der Waals surface area (Å²) in [5.74, 6) is 0.0208. The highest BCUT2D eigenvalue weighted by Gasteiger charge is 2.34. The van der Waals surface area contributed by atoms with Gasteiger partial charge in [-0.2, -0.15) is 5.10 Å². The fourth-order valence-corrected chi connectivity index (χ4v) is 5.33. The van der Waals surface area contributed by atoms with Crippen LogP contribution in [-0.2, 0) is 19.5 Å². The van der Waals surface area contributed by atoms with Gasteiger partial charge >= 0.3 is 0 Å². The molecule has 3 heterocycles. The van der Waals surface area contributed by atoms with Crippen molar-refractivity contribution in [2.45, 2.75) is 64.4 Å². The number of aryl methyl sites for hydroxylation is 2. The van der Waals surface area contributed by atoms with E-state index in [4.69, 9.17) is 4.42 Å². The van der Waals surface area contributed by atoms with E-state index >= 15 is 0 Å². The highest BCUT2D eigenvalue weighted by Crippen LogP contribution is 2.32. The highest BCUT2D eigenvalue weighted by molar-refractivity contribution is 6.00. The normalized spacial score (nSPS) is 16.4. The van der Waals surface area contributed by atoms with E-state index in [0.717, 1.165) is 36.2 Å². The summed E-state index contributed by atoms with van der Waals surface area (Å²) in [6, 6.07) is 15.7. The SMILES string of the molecule is CCn1cc(CNC[C@@H](O)[C@H](Cc2ccccc2)NC(=O)c2cccc(C(=O)N3CCC[C@@H]3c3nc(C)co3)c2)cn1. The molecule has 1 saturated heterocycles. The Bertz CT molecular complexity index is 1480. The van der Waals surface area contributed by atoms with Gasteiger partial charge < -0.3 is 25.1 Å². The number of hydrogen-bond acceptors (Lipinski definition) is 7. The van der Waals surface area contributed by atoms with E-state index in [1.807, 2.05) is 55.1 Å². The summed E-state index contributed by atoms with van der Waals surface area (Å²) in [6.07, 6.45) is 6.59. The van der Waals surface area contributed by atoms with E-state index in [1.165, 1.54) is 0 Å². The molecule has 0 unspecified atom stereocenters. The Hall–Kier alpha value is -4.28. The molecule has 1 fully saturated rings. The van der Waals surface area contributed by atoms with Gasteiger partial charge in [0.25, 0.3) is 11.8 Å². The Morgan fingerprint density at radius 1 is 1.12 bits per heavy atom. The lowest BCUT2D eigenvalue weighted by molar-refractivity contribution is 0.0715. The molecular weight excluding hydrogens is 532 g/mol. The predicted octanol–water partition coefficient (Wildman–Crippen LogP) is 3.67. The first-order valence-electron chi connectivity index (χ1n) is 14.5. The van der Waals surface area contributed by atoms with Crippen LogP contribution in [0.5, 0.6) is 0 Å². The predicted molar refractivity (Wildman–Crippen MR) is 158 cm³/mol. The molecule has 2 amide bonds. The molecule has 0 bridgehead atoms. The fourth-order valence-electron chi connectivity index (χ4n) is 5.33. The van der Waals surface area contributed by atoms with Crippen molar-refractivity contribution >= 4 is 11.8 Å². The standard InChI is InChI=1S/C32H38N6O4/c1-3-37-20-24(18-34-37)17-33-19-29(39)27(15-23-9-5-4-6-10-23)36-30(40)25-11-7-12-26(16-25)32(41)38-14-8-13-28(38)31-35-22(2)21-42-31/h4-7,9-12,16,18,20-21,27-29,33,39H,3,8,13-15,17,19H2,1-2H3,(H,36,40)/t27-,28+,29+/m0/s1. The number of aliphatic hydroxyl groups excluding tert-OH is 1. The minimum absolute atomic E-state index is 0.167. The Kier molecular flexibility index (Phi) is 9.45. The summed E-state index contributed by atoms with van der Waals surface area (Å²) in [7, 11) is 0. The monoisotopic (exact) mass is 570 g/mol. The zero-order chi connectivity index (χ0) is 29.5. The molecule has 2 aromatic carbocycles. The number of likely N-dealkylation sites (tertiary alicyclic amines) is 1. The molecule has 3 atom stereocenters. The summed E-state index contributed by atoms with van der Waals surface area (Å²) in [4.78, 5) is 33.2. The van der Waals surface area contributed by atoms with Crippen molar-refractivity contribution in [3.63, 3.8) is 0 Å². The van der Waals surface area contributed by atoms with Gasteiger partial charge in [0, 0.05) is 49.1 Å². The fraction of sp³-hybridized carbons (Fsp3) is 0.375. The van der Waals surface area contributed by atoms with Crippen LogP contribution in [0.15, 0.2) is 77.7 Å². The summed E-state index contributed by atoms with van der Waals surface area (Å²) >= 11 is 0. The van der Waals surface area contributed by atoms with E-state index in [0.29, 0.717) is 36.5 Å². The van der Waals surface area contributed by atoms with Crippen molar-refractivity contribution in [2.24, 2.45) is 0 Å². The lowest BCUT2D eigenvalue weighted by Crippen LogP contribution is -2.48. The van der Waals surface area contributed by atoms with Gasteiger partial charge in [-0.15, -0.1) is 0 Å². The highest BCUT2D eigenvalue weighted by atomic mass is 16.3. The zero-order valence-electron chi connectivity index (χ0n) is 24.1. The van der Waals surface area contributed by atoms with E-state index < -0.39 is 12.1 Å². The molecular formula is C32H38N6O4. The molecule has 5 rings (SSSR count). The molecule has 42 heavy (non-hydrogen) atoms. The maximum Gasteiger partial charge on any atom is 0.254 e. The molecule has 10 heteroatoms. The van der Waals surface area contributed by atoms with E-state index in [1.54, 1.807) is 41.6 Å². The van der Waals surface area contributed by atoms with Crippen LogP contribution in [0.4, 0.5) is 0 Å². The van der Waals surface area contributed by atoms with Crippen molar-refractivity contribution in [1.82, 2.24) is 30.3 Å². The molecule has 1 aliphatic rings. The second-order valence-electron chi connectivity index (χ2n) is 10.7. The van der Waals surface area contributed by atoms with Gasteiger partial charge in [-0.25, -0.2) is 4.98 Å². The third kappa shape index (κ3) is 7.13. The van der Waals surface area contributed by atoms with Gasteiger partial charge in [-0.1, -0.05) is 36.4 Å². The van der Waals surface area contributed by atoms with E-state index in [9.17, 15) is 14.7 Å². The minimum atomic E-state index is -0.852. The van der Waals surface area contributed by atoms with Crippen LogP contribution in [0.25, 0.3) is 0 Å². The molecule has 2 aromatic heterocycles. The van der Waals surface area contributed by atoms with Crippen LogP contribution < -0.4 is 10.6 Å². The number of benzene rings is 2. The topological polar surface area (TPSA) is 126 Å². The number of rotatable bonds is 12. The number of carbonyl (C=O) groups excluding carboxylic acids is 2. The maximum absolute atomic E-state index is 13.5. The Morgan fingerprint density at radius 3 is 2.67 bits per heavy atom. The lowest BCUT2D eigenvalue weighted by atomic mass is 10.00. The molecule has 0 spiro atoms. The van der Waals surface area contributed by atoms with Gasteiger partial charge in [0.2, 0.25) is 5.89 Å². The molecule has 1 aliphatic heterocycles. The Balaban J connectivity index is 1.26. The first-order valence-corrected chi connectivity index (χ1v) is 14.5.